The maximum atomic E-state index is 13.8. The number of rotatable bonds is 6. The molecule has 0 atom stereocenters. The second kappa shape index (κ2) is 8.62. The van der Waals surface area contributed by atoms with E-state index in [9.17, 15) is 26.3 Å². The van der Waals surface area contributed by atoms with Gasteiger partial charge in [0.2, 0.25) is 5.78 Å². The van der Waals surface area contributed by atoms with Gasteiger partial charge in [-0.05, 0) is 44.9 Å². The third-order valence-electron chi connectivity index (χ3n) is 5.08. The number of hydrogen-bond acceptors (Lipinski definition) is 2. The Morgan fingerprint density at radius 3 is 2.12 bits per heavy atom. The molecule has 0 aliphatic rings. The van der Waals surface area contributed by atoms with Gasteiger partial charge >= 0.3 is 12.4 Å². The van der Waals surface area contributed by atoms with Crippen LogP contribution in [0.2, 0.25) is 5.15 Å². The highest BCUT2D eigenvalue weighted by atomic mass is 35.5. The van der Waals surface area contributed by atoms with E-state index in [0.717, 1.165) is 26.0 Å². The zero-order valence-electron chi connectivity index (χ0n) is 18.0. The molecule has 1 aromatic carbocycles. The van der Waals surface area contributed by atoms with Crippen molar-refractivity contribution in [3.05, 3.63) is 51.6 Å². The van der Waals surface area contributed by atoms with Crippen LogP contribution in [0.15, 0.2) is 18.3 Å². The predicted octanol–water partition coefficient (Wildman–Crippen LogP) is 6.50. The molecule has 3 aromatic rings. The maximum Gasteiger partial charge on any atom is 0.435 e. The number of hydrogen-bond donors (Lipinski definition) is 0. The molecular weight excluding hydrogens is 458 g/mol. The van der Waals surface area contributed by atoms with E-state index in [1.165, 1.54) is 10.8 Å². The van der Waals surface area contributed by atoms with Crippen LogP contribution in [0.25, 0.3) is 11.5 Å². The van der Waals surface area contributed by atoms with Gasteiger partial charge in [0, 0.05) is 12.7 Å². The molecule has 4 nitrogen and oxygen atoms in total. The fourth-order valence-electron chi connectivity index (χ4n) is 4.11. The van der Waals surface area contributed by atoms with Crippen molar-refractivity contribution in [2.24, 2.45) is 0 Å². The highest BCUT2D eigenvalue weighted by Crippen LogP contribution is 2.36. The van der Waals surface area contributed by atoms with Gasteiger partial charge in [-0.1, -0.05) is 36.2 Å². The van der Waals surface area contributed by atoms with Gasteiger partial charge in [-0.3, -0.25) is 13.9 Å². The largest absolute Gasteiger partial charge is 0.435 e. The van der Waals surface area contributed by atoms with Crippen LogP contribution in [0.1, 0.15) is 41.4 Å². The number of halogens is 7. The Bertz CT molecular complexity index is 1100. The second-order valence-electron chi connectivity index (χ2n) is 7.94. The molecule has 2 heterocycles. The first-order chi connectivity index (χ1) is 14.7. The first kappa shape index (κ1) is 24.4. The fraction of sp³-hybridized carbons (Fsp3) is 0.476. The standard InChI is InChI=1S/C21H23ClF6N4/c1-5-6-30(11-20(23,24)25)9-15-18(21(26,27)28)29-19-31(15)10-16(22)32(19)17-13(3)7-12(2)8-14(17)4/h7-8,10H,5-6,9,11H2,1-4H3. The highest BCUT2D eigenvalue weighted by molar-refractivity contribution is 6.30. The summed E-state index contributed by atoms with van der Waals surface area (Å²) in [5.74, 6) is -0.101. The smallest absolute Gasteiger partial charge is 0.289 e. The van der Waals surface area contributed by atoms with E-state index in [2.05, 4.69) is 4.98 Å². The molecule has 0 N–H and O–H groups in total. The van der Waals surface area contributed by atoms with Crippen LogP contribution < -0.4 is 0 Å². The van der Waals surface area contributed by atoms with Crippen LogP contribution in [-0.4, -0.2) is 38.1 Å². The molecule has 11 heteroatoms. The Morgan fingerprint density at radius 2 is 1.62 bits per heavy atom. The summed E-state index contributed by atoms with van der Waals surface area (Å²) in [6, 6.07) is 3.74. The Hall–Kier alpha value is -2.20. The van der Waals surface area contributed by atoms with Crippen molar-refractivity contribution in [3.8, 4) is 5.69 Å². The Morgan fingerprint density at radius 1 is 1.03 bits per heavy atom. The molecule has 176 valence electrons. The van der Waals surface area contributed by atoms with Gasteiger partial charge in [0.25, 0.3) is 0 Å². The molecule has 0 bridgehead atoms. The van der Waals surface area contributed by atoms with E-state index in [1.54, 1.807) is 6.92 Å². The minimum Gasteiger partial charge on any atom is -0.289 e. The Labute approximate surface area is 186 Å². The van der Waals surface area contributed by atoms with Crippen LogP contribution in [0.4, 0.5) is 26.3 Å². The van der Waals surface area contributed by atoms with Crippen molar-refractivity contribution in [1.82, 2.24) is 18.9 Å². The SMILES string of the molecule is CCCN(Cc1c(C(F)(F)F)nc2n(-c3c(C)cc(C)cc3C)c(Cl)cn12)CC(F)(F)F. The van der Waals surface area contributed by atoms with E-state index in [-0.39, 0.29) is 23.2 Å². The van der Waals surface area contributed by atoms with Crippen molar-refractivity contribution < 1.29 is 26.3 Å². The van der Waals surface area contributed by atoms with Crippen LogP contribution in [0.3, 0.4) is 0 Å². The molecule has 0 spiro atoms. The summed E-state index contributed by atoms with van der Waals surface area (Å²) in [6.07, 6.45) is -7.77. The number of nitrogens with zero attached hydrogens (tertiary/aromatic N) is 4. The monoisotopic (exact) mass is 480 g/mol. The zero-order valence-corrected chi connectivity index (χ0v) is 18.8. The van der Waals surface area contributed by atoms with Crippen molar-refractivity contribution >= 4 is 17.4 Å². The van der Waals surface area contributed by atoms with Crippen molar-refractivity contribution in [1.29, 1.82) is 0 Å². The third-order valence-corrected chi connectivity index (χ3v) is 5.35. The summed E-state index contributed by atoms with van der Waals surface area (Å²) in [5.41, 5.74) is 1.53. The predicted molar refractivity (Wildman–Crippen MR) is 110 cm³/mol. The molecular formula is C21H23ClF6N4. The van der Waals surface area contributed by atoms with Gasteiger partial charge in [-0.15, -0.1) is 0 Å². The first-order valence-corrected chi connectivity index (χ1v) is 10.3. The van der Waals surface area contributed by atoms with Crippen LogP contribution in [-0.2, 0) is 12.7 Å². The Balaban J connectivity index is 2.23. The quantitative estimate of drug-likeness (QED) is 0.376. The summed E-state index contributed by atoms with van der Waals surface area (Å²) in [5, 5.41) is 0.107. The highest BCUT2D eigenvalue weighted by Gasteiger charge is 2.40. The molecule has 0 radical (unpaired) electrons. The lowest BCUT2D eigenvalue weighted by Gasteiger charge is -2.23. The molecule has 3 rings (SSSR count). The summed E-state index contributed by atoms with van der Waals surface area (Å²) in [6.45, 7) is 5.26. The molecule has 0 saturated carbocycles. The number of aromatic nitrogens is 3. The average molecular weight is 481 g/mol. The van der Waals surface area contributed by atoms with Crippen LogP contribution >= 0.6 is 11.6 Å². The van der Waals surface area contributed by atoms with E-state index in [4.69, 9.17) is 11.6 Å². The number of alkyl halides is 6. The molecule has 0 aliphatic heterocycles. The summed E-state index contributed by atoms with van der Waals surface area (Å²) in [7, 11) is 0. The molecule has 0 amide bonds. The first-order valence-electron chi connectivity index (χ1n) is 9.95. The van der Waals surface area contributed by atoms with Gasteiger partial charge in [0.15, 0.2) is 5.69 Å². The summed E-state index contributed by atoms with van der Waals surface area (Å²) >= 11 is 6.40. The lowest BCUT2D eigenvalue weighted by molar-refractivity contribution is -0.148. The maximum absolute atomic E-state index is 13.8. The molecule has 0 aliphatic carbocycles. The van der Waals surface area contributed by atoms with Crippen molar-refractivity contribution in [2.45, 2.75) is 53.0 Å². The number of aryl methyl sites for hydroxylation is 3. The normalized spacial score (nSPS) is 13.0. The molecule has 2 aromatic heterocycles. The van der Waals surface area contributed by atoms with Gasteiger partial charge in [0.05, 0.1) is 17.9 Å². The lowest BCUT2D eigenvalue weighted by Crippen LogP contribution is -2.35. The third kappa shape index (κ3) is 4.91. The van der Waals surface area contributed by atoms with Crippen molar-refractivity contribution in [2.75, 3.05) is 13.1 Å². The number of fused-ring (bicyclic) bond motifs is 1. The van der Waals surface area contributed by atoms with E-state index >= 15 is 0 Å². The second-order valence-corrected chi connectivity index (χ2v) is 8.32. The molecule has 32 heavy (non-hydrogen) atoms. The minimum absolute atomic E-state index is 0.0192. The minimum atomic E-state index is -4.84. The lowest BCUT2D eigenvalue weighted by atomic mass is 10.1. The van der Waals surface area contributed by atoms with Crippen LogP contribution in [0.5, 0.6) is 0 Å². The zero-order chi connectivity index (χ0) is 24.0. The number of benzene rings is 1. The number of imidazole rings is 2. The molecule has 0 fully saturated rings. The van der Waals surface area contributed by atoms with Gasteiger partial charge in [0.1, 0.15) is 5.15 Å². The van der Waals surface area contributed by atoms with E-state index in [1.807, 2.05) is 32.9 Å². The van der Waals surface area contributed by atoms with Gasteiger partial charge in [-0.25, -0.2) is 4.98 Å². The van der Waals surface area contributed by atoms with Gasteiger partial charge in [-0.2, -0.15) is 26.3 Å². The van der Waals surface area contributed by atoms with Gasteiger partial charge < -0.3 is 0 Å². The van der Waals surface area contributed by atoms with E-state index in [0.29, 0.717) is 12.1 Å². The van der Waals surface area contributed by atoms with Crippen LogP contribution in [0, 0.1) is 20.8 Å². The topological polar surface area (TPSA) is 25.5 Å². The van der Waals surface area contributed by atoms with E-state index < -0.39 is 31.1 Å². The molecule has 0 saturated heterocycles. The fourth-order valence-corrected chi connectivity index (χ4v) is 4.37. The summed E-state index contributed by atoms with van der Waals surface area (Å²) in [4.78, 5) is 4.74. The average Bonchev–Trinajstić information content (AvgIpc) is 3.09. The summed E-state index contributed by atoms with van der Waals surface area (Å²) < 4.78 is 83.0. The Kier molecular flexibility index (Phi) is 6.59. The van der Waals surface area contributed by atoms with Crippen molar-refractivity contribution in [3.63, 3.8) is 0 Å². The molecule has 0 unspecified atom stereocenters.